The van der Waals surface area contributed by atoms with Gasteiger partial charge in [0.25, 0.3) is 0 Å². The van der Waals surface area contributed by atoms with Crippen LogP contribution >= 0.6 is 15.9 Å². The molecule has 0 saturated heterocycles. The van der Waals surface area contributed by atoms with E-state index in [4.69, 9.17) is 0 Å². The number of allylic oxidation sites excluding steroid dienone is 1. The Morgan fingerprint density at radius 2 is 2.17 bits per heavy atom. The standard InChI is InChI=1S/C9H6BrFO/c1-2-9(12)6-3-7(10)5-8(11)4-6/h2-5H,1H2. The van der Waals surface area contributed by atoms with Crippen molar-refractivity contribution in [1.29, 1.82) is 0 Å². The molecule has 0 unspecified atom stereocenters. The van der Waals surface area contributed by atoms with Crippen LogP contribution in [-0.4, -0.2) is 5.78 Å². The van der Waals surface area contributed by atoms with E-state index in [9.17, 15) is 9.18 Å². The smallest absolute Gasteiger partial charge is 0.185 e. The Balaban J connectivity index is 3.17. The van der Waals surface area contributed by atoms with Gasteiger partial charge < -0.3 is 0 Å². The van der Waals surface area contributed by atoms with Gasteiger partial charge in [0, 0.05) is 10.0 Å². The Bertz CT molecular complexity index is 313. The number of ketones is 1. The van der Waals surface area contributed by atoms with Crippen molar-refractivity contribution < 1.29 is 9.18 Å². The summed E-state index contributed by atoms with van der Waals surface area (Å²) in [4.78, 5) is 11.0. The number of hydrogen-bond acceptors (Lipinski definition) is 1. The summed E-state index contributed by atoms with van der Waals surface area (Å²) in [7, 11) is 0. The molecule has 0 saturated carbocycles. The van der Waals surface area contributed by atoms with Gasteiger partial charge in [-0.25, -0.2) is 4.39 Å². The Morgan fingerprint density at radius 3 is 2.67 bits per heavy atom. The van der Waals surface area contributed by atoms with E-state index >= 15 is 0 Å². The van der Waals surface area contributed by atoms with Gasteiger partial charge in [0.05, 0.1) is 0 Å². The van der Waals surface area contributed by atoms with E-state index in [0.717, 1.165) is 6.08 Å². The summed E-state index contributed by atoms with van der Waals surface area (Å²) in [6.07, 6.45) is 1.15. The molecular formula is C9H6BrFO. The molecule has 0 aliphatic rings. The van der Waals surface area contributed by atoms with Gasteiger partial charge in [0.2, 0.25) is 0 Å². The van der Waals surface area contributed by atoms with Crippen LogP contribution in [0, 0.1) is 5.82 Å². The summed E-state index contributed by atoms with van der Waals surface area (Å²) >= 11 is 3.08. The van der Waals surface area contributed by atoms with Crippen LogP contribution in [0.4, 0.5) is 4.39 Å². The molecule has 3 heteroatoms. The Labute approximate surface area is 78.0 Å². The van der Waals surface area contributed by atoms with Gasteiger partial charge in [0.1, 0.15) is 5.82 Å². The molecule has 1 aromatic rings. The van der Waals surface area contributed by atoms with Crippen LogP contribution < -0.4 is 0 Å². The van der Waals surface area contributed by atoms with Crippen LogP contribution in [0.5, 0.6) is 0 Å². The predicted octanol–water partition coefficient (Wildman–Crippen LogP) is 2.96. The highest BCUT2D eigenvalue weighted by Gasteiger charge is 2.03. The first kappa shape index (κ1) is 9.13. The van der Waals surface area contributed by atoms with Crippen molar-refractivity contribution in [2.75, 3.05) is 0 Å². The quantitative estimate of drug-likeness (QED) is 0.562. The lowest BCUT2D eigenvalue weighted by Gasteiger charge is -1.96. The highest BCUT2D eigenvalue weighted by molar-refractivity contribution is 9.10. The third kappa shape index (κ3) is 2.01. The normalized spacial score (nSPS) is 9.50. The molecule has 0 bridgehead atoms. The molecule has 0 fully saturated rings. The van der Waals surface area contributed by atoms with Crippen molar-refractivity contribution in [3.05, 3.63) is 46.7 Å². The van der Waals surface area contributed by atoms with E-state index in [1.807, 2.05) is 0 Å². The zero-order valence-corrected chi connectivity index (χ0v) is 7.77. The molecule has 1 nitrogen and oxygen atoms in total. The fourth-order valence-electron chi connectivity index (χ4n) is 0.814. The molecule has 0 spiro atoms. The van der Waals surface area contributed by atoms with Gasteiger partial charge in [0.15, 0.2) is 5.78 Å². The number of halogens is 2. The van der Waals surface area contributed by atoms with Crippen LogP contribution in [0.3, 0.4) is 0 Å². The Hall–Kier alpha value is -0.960. The van der Waals surface area contributed by atoms with E-state index in [-0.39, 0.29) is 5.78 Å². The lowest BCUT2D eigenvalue weighted by atomic mass is 10.1. The average Bonchev–Trinajstić information content (AvgIpc) is 2.01. The average molecular weight is 229 g/mol. The lowest BCUT2D eigenvalue weighted by molar-refractivity contribution is 0.104. The first-order valence-corrected chi connectivity index (χ1v) is 4.05. The minimum Gasteiger partial charge on any atom is -0.289 e. The maximum atomic E-state index is 12.7. The maximum Gasteiger partial charge on any atom is 0.185 e. The van der Waals surface area contributed by atoms with Crippen molar-refractivity contribution in [1.82, 2.24) is 0 Å². The molecule has 62 valence electrons. The first-order chi connectivity index (χ1) is 5.63. The number of rotatable bonds is 2. The second-order valence-corrected chi connectivity index (χ2v) is 3.14. The zero-order chi connectivity index (χ0) is 9.14. The van der Waals surface area contributed by atoms with Crippen LogP contribution in [0.15, 0.2) is 35.3 Å². The highest BCUT2D eigenvalue weighted by atomic mass is 79.9. The van der Waals surface area contributed by atoms with Crippen LogP contribution in [0.1, 0.15) is 10.4 Å². The zero-order valence-electron chi connectivity index (χ0n) is 6.18. The van der Waals surface area contributed by atoms with Gasteiger partial charge in [-0.1, -0.05) is 22.5 Å². The highest BCUT2D eigenvalue weighted by Crippen LogP contribution is 2.15. The summed E-state index contributed by atoms with van der Waals surface area (Å²) in [5.41, 5.74) is 0.303. The fourth-order valence-corrected chi connectivity index (χ4v) is 1.28. The summed E-state index contributed by atoms with van der Waals surface area (Å²) in [5, 5.41) is 0. The first-order valence-electron chi connectivity index (χ1n) is 3.26. The predicted molar refractivity (Wildman–Crippen MR) is 48.6 cm³/mol. The van der Waals surface area contributed by atoms with E-state index in [2.05, 4.69) is 22.5 Å². The number of benzene rings is 1. The van der Waals surface area contributed by atoms with Gasteiger partial charge in [-0.3, -0.25) is 4.79 Å². The molecule has 1 aromatic carbocycles. The summed E-state index contributed by atoms with van der Waals surface area (Å²) in [5.74, 6) is -0.718. The number of carbonyl (C=O) groups excluding carboxylic acids is 1. The third-order valence-electron chi connectivity index (χ3n) is 1.33. The molecule has 0 aliphatic heterocycles. The van der Waals surface area contributed by atoms with E-state index < -0.39 is 5.82 Å². The van der Waals surface area contributed by atoms with Gasteiger partial charge in [-0.2, -0.15) is 0 Å². The second-order valence-electron chi connectivity index (χ2n) is 2.23. The van der Waals surface area contributed by atoms with Crippen molar-refractivity contribution in [2.24, 2.45) is 0 Å². The molecule has 12 heavy (non-hydrogen) atoms. The summed E-state index contributed by atoms with van der Waals surface area (Å²) in [6, 6.07) is 4.02. The molecule has 0 N–H and O–H groups in total. The molecule has 1 rings (SSSR count). The largest absolute Gasteiger partial charge is 0.289 e. The van der Waals surface area contributed by atoms with E-state index in [0.29, 0.717) is 10.0 Å². The van der Waals surface area contributed by atoms with Crippen LogP contribution in [-0.2, 0) is 0 Å². The topological polar surface area (TPSA) is 17.1 Å². The van der Waals surface area contributed by atoms with E-state index in [1.54, 1.807) is 6.07 Å². The molecule has 0 atom stereocenters. The Kier molecular flexibility index (Phi) is 2.76. The molecule has 0 aliphatic carbocycles. The summed E-state index contributed by atoms with van der Waals surface area (Å²) < 4.78 is 13.3. The van der Waals surface area contributed by atoms with Gasteiger partial charge >= 0.3 is 0 Å². The Morgan fingerprint density at radius 1 is 1.50 bits per heavy atom. The molecule has 0 aromatic heterocycles. The maximum absolute atomic E-state index is 12.7. The third-order valence-corrected chi connectivity index (χ3v) is 1.79. The van der Waals surface area contributed by atoms with Gasteiger partial charge in [-0.05, 0) is 24.3 Å². The monoisotopic (exact) mass is 228 g/mol. The van der Waals surface area contributed by atoms with Crippen molar-refractivity contribution >= 4 is 21.7 Å². The van der Waals surface area contributed by atoms with Crippen molar-refractivity contribution in [3.8, 4) is 0 Å². The SMILES string of the molecule is C=CC(=O)c1cc(F)cc(Br)c1. The lowest BCUT2D eigenvalue weighted by Crippen LogP contribution is -1.94. The molecule has 0 heterocycles. The van der Waals surface area contributed by atoms with Crippen LogP contribution in [0.25, 0.3) is 0 Å². The number of hydrogen-bond donors (Lipinski definition) is 0. The van der Waals surface area contributed by atoms with E-state index in [1.165, 1.54) is 12.1 Å². The second kappa shape index (κ2) is 3.63. The van der Waals surface area contributed by atoms with Crippen LogP contribution in [0.2, 0.25) is 0 Å². The minimum absolute atomic E-state index is 0.282. The molecule has 0 radical (unpaired) electrons. The summed E-state index contributed by atoms with van der Waals surface area (Å²) in [6.45, 7) is 3.31. The van der Waals surface area contributed by atoms with Crippen molar-refractivity contribution in [3.63, 3.8) is 0 Å². The van der Waals surface area contributed by atoms with Gasteiger partial charge in [-0.15, -0.1) is 0 Å². The van der Waals surface area contributed by atoms with Crippen molar-refractivity contribution in [2.45, 2.75) is 0 Å². The molecule has 0 amide bonds. The minimum atomic E-state index is -0.436. The fraction of sp³-hybridized carbons (Fsp3) is 0. The number of carbonyl (C=O) groups is 1. The molecular weight excluding hydrogens is 223 g/mol.